The molecule has 1 fully saturated rings. The first-order valence-electron chi connectivity index (χ1n) is 14.9. The molecule has 13 heteroatoms. The molecular weight excluding hydrogens is 617 g/mol. The van der Waals surface area contributed by atoms with Gasteiger partial charge in [-0.05, 0) is 81.7 Å². The van der Waals surface area contributed by atoms with E-state index >= 15 is 0 Å². The van der Waals surface area contributed by atoms with Gasteiger partial charge in [0.2, 0.25) is 5.78 Å². The summed E-state index contributed by atoms with van der Waals surface area (Å²) in [6, 6.07) is 9.25. The van der Waals surface area contributed by atoms with E-state index in [-0.39, 0.29) is 25.6 Å². The third-order valence-corrected chi connectivity index (χ3v) is 7.32. The monoisotopic (exact) mass is 659 g/mol. The Morgan fingerprint density at radius 2 is 1.70 bits per heavy atom. The highest BCUT2D eigenvalue weighted by Crippen LogP contribution is 2.30. The first-order chi connectivity index (χ1) is 22.2. The van der Waals surface area contributed by atoms with E-state index in [2.05, 4.69) is 6.58 Å². The van der Waals surface area contributed by atoms with Gasteiger partial charge in [0.1, 0.15) is 24.2 Å². The van der Waals surface area contributed by atoms with Gasteiger partial charge >= 0.3 is 17.9 Å². The second-order valence-corrected chi connectivity index (χ2v) is 11.4. The number of methoxy groups -OCH3 is 2. The molecule has 0 radical (unpaired) electrons. The molecule has 0 saturated carbocycles. The average molecular weight is 660 g/mol. The molecule has 1 atom stereocenters. The number of ether oxygens (including phenoxy) is 4. The molecule has 0 bridgehead atoms. The Morgan fingerprint density at radius 1 is 1.02 bits per heavy atom. The van der Waals surface area contributed by atoms with Crippen molar-refractivity contribution >= 4 is 29.6 Å². The number of carbonyl (C=O) groups is 5. The molecule has 1 saturated heterocycles. The van der Waals surface area contributed by atoms with E-state index in [1.54, 1.807) is 18.2 Å². The summed E-state index contributed by atoms with van der Waals surface area (Å²) in [5, 5.41) is 17.8. The number of Topliss-reactive ketones (excluding diaryl/α,β-unsaturated/α-hetero) is 1. The number of ketones is 1. The number of carboxylic acid groups (broad SMARTS) is 2. The third kappa shape index (κ3) is 11.7. The Labute approximate surface area is 273 Å². The number of aryl methyl sites for hydroxylation is 2. The topological polar surface area (TPSA) is 166 Å². The Hall–Kier alpha value is -4.94. The largest absolute Gasteiger partial charge is 0.493 e. The molecule has 12 nitrogen and oxygen atoms in total. The molecule has 1 aliphatic heterocycles. The van der Waals surface area contributed by atoms with Crippen molar-refractivity contribution in [3.8, 4) is 17.2 Å². The zero-order chi connectivity index (χ0) is 35.1. The predicted octanol–water partition coefficient (Wildman–Crippen LogP) is 4.26. The lowest BCUT2D eigenvalue weighted by Crippen LogP contribution is -2.53. The number of carboxylic acids is 2. The van der Waals surface area contributed by atoms with Gasteiger partial charge in [-0.15, -0.1) is 0 Å². The number of esters is 1. The SMILES string of the molecule is C=CC(=O)OCC(C)(C)C(=O)C(=O)N1CCCCC1C(=O)O.COc1cc(F)c(CCCc2cccc(OCC(=O)O)c2)cc1OC. The van der Waals surface area contributed by atoms with Crippen molar-refractivity contribution in [3.63, 3.8) is 0 Å². The predicted molar refractivity (Wildman–Crippen MR) is 168 cm³/mol. The number of nitrogens with zero attached hydrogens (tertiary/aromatic N) is 1. The fourth-order valence-electron chi connectivity index (χ4n) is 4.73. The van der Waals surface area contributed by atoms with Crippen LogP contribution in [0.15, 0.2) is 49.1 Å². The summed E-state index contributed by atoms with van der Waals surface area (Å²) in [6.07, 6.45) is 4.66. The van der Waals surface area contributed by atoms with Crippen LogP contribution in [0.5, 0.6) is 17.2 Å². The van der Waals surface area contributed by atoms with Crippen LogP contribution in [-0.4, -0.2) is 84.7 Å². The van der Waals surface area contributed by atoms with Crippen LogP contribution in [0.2, 0.25) is 0 Å². The summed E-state index contributed by atoms with van der Waals surface area (Å²) in [5.41, 5.74) is 0.343. The van der Waals surface area contributed by atoms with E-state index in [0.717, 1.165) is 29.4 Å². The van der Waals surface area contributed by atoms with Crippen LogP contribution in [0.25, 0.3) is 0 Å². The summed E-state index contributed by atoms with van der Waals surface area (Å²) < 4.78 is 34.4. The first-order valence-corrected chi connectivity index (χ1v) is 14.9. The van der Waals surface area contributed by atoms with Gasteiger partial charge in [0.25, 0.3) is 5.91 Å². The summed E-state index contributed by atoms with van der Waals surface area (Å²) in [4.78, 5) is 58.6. The molecule has 1 heterocycles. The summed E-state index contributed by atoms with van der Waals surface area (Å²) in [6.45, 7) is 5.79. The van der Waals surface area contributed by atoms with Crippen LogP contribution < -0.4 is 14.2 Å². The molecule has 2 aromatic rings. The molecule has 256 valence electrons. The zero-order valence-electron chi connectivity index (χ0n) is 27.1. The van der Waals surface area contributed by atoms with Crippen molar-refractivity contribution in [2.75, 3.05) is 34.0 Å². The maximum absolute atomic E-state index is 14.1. The molecule has 2 N–H and O–H groups in total. The van der Waals surface area contributed by atoms with Crippen molar-refractivity contribution in [1.29, 1.82) is 0 Å². The lowest BCUT2D eigenvalue weighted by Gasteiger charge is -2.34. The number of carbonyl (C=O) groups excluding carboxylic acids is 3. The number of aliphatic carboxylic acids is 2. The van der Waals surface area contributed by atoms with Crippen molar-refractivity contribution in [2.24, 2.45) is 5.41 Å². The van der Waals surface area contributed by atoms with Gasteiger partial charge in [0.15, 0.2) is 18.1 Å². The number of likely N-dealkylation sites (tertiary alicyclic amines) is 1. The van der Waals surface area contributed by atoms with Crippen LogP contribution in [0.1, 0.15) is 50.7 Å². The molecule has 3 rings (SSSR count). The van der Waals surface area contributed by atoms with E-state index in [9.17, 15) is 28.4 Å². The highest BCUT2D eigenvalue weighted by Gasteiger charge is 2.41. The van der Waals surface area contributed by atoms with Crippen molar-refractivity contribution in [3.05, 3.63) is 66.0 Å². The Bertz CT molecular complexity index is 1440. The highest BCUT2D eigenvalue weighted by molar-refractivity contribution is 6.38. The van der Waals surface area contributed by atoms with E-state index in [1.165, 1.54) is 34.1 Å². The first kappa shape index (κ1) is 38.2. The molecule has 0 aromatic heterocycles. The van der Waals surface area contributed by atoms with Crippen LogP contribution in [0, 0.1) is 11.2 Å². The Balaban J connectivity index is 0.000000330. The van der Waals surface area contributed by atoms with Crippen molar-refractivity contribution in [1.82, 2.24) is 4.90 Å². The molecule has 0 aliphatic carbocycles. The lowest BCUT2D eigenvalue weighted by molar-refractivity contribution is -0.159. The van der Waals surface area contributed by atoms with Gasteiger partial charge in [-0.2, -0.15) is 0 Å². The molecular formula is C34H42FNO11. The number of halogens is 1. The highest BCUT2D eigenvalue weighted by atomic mass is 19.1. The van der Waals surface area contributed by atoms with E-state index in [4.69, 9.17) is 29.2 Å². The van der Waals surface area contributed by atoms with Crippen LogP contribution in [0.4, 0.5) is 4.39 Å². The molecule has 47 heavy (non-hydrogen) atoms. The second kappa shape index (κ2) is 18.3. The Kier molecular flexibility index (Phi) is 14.9. The van der Waals surface area contributed by atoms with E-state index < -0.39 is 41.1 Å². The minimum atomic E-state index is -1.23. The smallest absolute Gasteiger partial charge is 0.341 e. The fraction of sp³-hybridized carbons (Fsp3) is 0.441. The van der Waals surface area contributed by atoms with Gasteiger partial charge in [-0.25, -0.2) is 18.8 Å². The van der Waals surface area contributed by atoms with E-state index in [0.29, 0.717) is 48.5 Å². The van der Waals surface area contributed by atoms with Gasteiger partial charge in [0, 0.05) is 18.7 Å². The number of amides is 1. The maximum atomic E-state index is 14.1. The number of piperidine rings is 1. The van der Waals surface area contributed by atoms with E-state index in [1.807, 2.05) is 12.1 Å². The molecule has 1 amide bonds. The van der Waals surface area contributed by atoms with Gasteiger partial charge < -0.3 is 34.1 Å². The molecule has 2 aromatic carbocycles. The van der Waals surface area contributed by atoms with Gasteiger partial charge in [0.05, 0.1) is 19.6 Å². The third-order valence-electron chi connectivity index (χ3n) is 7.32. The average Bonchev–Trinajstić information content (AvgIpc) is 3.06. The standard InChI is InChI=1S/C19H21FO5.C15H21NO6/c1-23-17-10-14(16(20)11-18(17)24-2)7-3-5-13-6-4-8-15(9-13)25-12-19(21)22;1-4-11(17)22-9-15(2,3)12(18)13(19)16-8-6-5-7-10(16)14(20)21/h4,6,8-11H,3,5,7,12H2,1-2H3,(H,21,22);4,10H,1,5-9H2,2-3H3,(H,20,21). The summed E-state index contributed by atoms with van der Waals surface area (Å²) >= 11 is 0. The summed E-state index contributed by atoms with van der Waals surface area (Å²) in [5.74, 6) is -3.37. The number of hydrogen-bond acceptors (Lipinski definition) is 9. The second-order valence-electron chi connectivity index (χ2n) is 11.4. The maximum Gasteiger partial charge on any atom is 0.341 e. The van der Waals surface area contributed by atoms with Crippen molar-refractivity contribution < 1.29 is 57.5 Å². The minimum absolute atomic E-state index is 0.240. The van der Waals surface area contributed by atoms with Crippen LogP contribution >= 0.6 is 0 Å². The number of hydrogen-bond donors (Lipinski definition) is 2. The minimum Gasteiger partial charge on any atom is -0.493 e. The van der Waals surface area contributed by atoms with Gasteiger partial charge in [-0.1, -0.05) is 18.7 Å². The molecule has 1 unspecified atom stereocenters. The van der Waals surface area contributed by atoms with Crippen LogP contribution in [-0.2, 0) is 41.6 Å². The summed E-state index contributed by atoms with van der Waals surface area (Å²) in [7, 11) is 2.98. The number of benzene rings is 2. The van der Waals surface area contributed by atoms with Crippen molar-refractivity contribution in [2.45, 2.75) is 58.4 Å². The Morgan fingerprint density at radius 3 is 2.32 bits per heavy atom. The van der Waals surface area contributed by atoms with Gasteiger partial charge in [-0.3, -0.25) is 9.59 Å². The van der Waals surface area contributed by atoms with Crippen LogP contribution in [0.3, 0.4) is 0 Å². The lowest BCUT2D eigenvalue weighted by atomic mass is 9.87. The quantitative estimate of drug-likeness (QED) is 0.159. The fourth-order valence-corrected chi connectivity index (χ4v) is 4.73. The number of rotatable bonds is 15. The normalized spacial score (nSPS) is 14.1. The molecule has 0 spiro atoms. The molecule has 1 aliphatic rings. The zero-order valence-corrected chi connectivity index (χ0v) is 27.1.